The lowest BCUT2D eigenvalue weighted by Gasteiger charge is -2.27. The van der Waals surface area contributed by atoms with Crippen LogP contribution in [-0.2, 0) is 0 Å². The predicted molar refractivity (Wildman–Crippen MR) is 82.0 cm³/mol. The van der Waals surface area contributed by atoms with Crippen molar-refractivity contribution in [1.82, 2.24) is 5.32 Å². The van der Waals surface area contributed by atoms with Crippen LogP contribution in [-0.4, -0.2) is 23.2 Å². The molecule has 0 saturated heterocycles. The van der Waals surface area contributed by atoms with Crippen LogP contribution in [0.2, 0.25) is 0 Å². The molecule has 1 aromatic heterocycles. The minimum atomic E-state index is -0.424. The zero-order chi connectivity index (χ0) is 14.2. The Kier molecular flexibility index (Phi) is 3.40. The van der Waals surface area contributed by atoms with E-state index in [4.69, 9.17) is 5.73 Å². The summed E-state index contributed by atoms with van der Waals surface area (Å²) in [5.41, 5.74) is 6.03. The molecule has 0 atom stereocenters. The minimum absolute atomic E-state index is 0.0105. The van der Waals surface area contributed by atoms with Gasteiger partial charge in [-0.3, -0.25) is 4.79 Å². The maximum absolute atomic E-state index is 12.4. The Hall–Kier alpha value is -1.59. The zero-order valence-electron chi connectivity index (χ0n) is 11.2. The predicted octanol–water partition coefficient (Wildman–Crippen LogP) is 2.52. The van der Waals surface area contributed by atoms with Gasteiger partial charge in [-0.25, -0.2) is 0 Å². The van der Waals surface area contributed by atoms with Crippen LogP contribution < -0.4 is 11.1 Å². The third-order valence-electron chi connectivity index (χ3n) is 4.01. The number of nitrogen functional groups attached to an aromatic ring is 1. The molecule has 5 heteroatoms. The summed E-state index contributed by atoms with van der Waals surface area (Å²) in [5.74, 6) is -0.0966. The number of anilines is 1. The van der Waals surface area contributed by atoms with Gasteiger partial charge in [0.15, 0.2) is 0 Å². The third kappa shape index (κ3) is 2.39. The van der Waals surface area contributed by atoms with Crippen molar-refractivity contribution in [3.63, 3.8) is 0 Å². The van der Waals surface area contributed by atoms with Gasteiger partial charge in [-0.1, -0.05) is 12.8 Å². The van der Waals surface area contributed by atoms with Crippen LogP contribution in [0, 0.1) is 0 Å². The van der Waals surface area contributed by atoms with E-state index >= 15 is 0 Å². The first-order valence-electron chi connectivity index (χ1n) is 6.84. The topological polar surface area (TPSA) is 75.4 Å². The van der Waals surface area contributed by atoms with Gasteiger partial charge in [-0.2, -0.15) is 0 Å². The molecule has 0 radical (unpaired) electrons. The molecular formula is C15H18N2O2S. The van der Waals surface area contributed by atoms with Crippen LogP contribution in [0.1, 0.15) is 35.4 Å². The van der Waals surface area contributed by atoms with Gasteiger partial charge >= 0.3 is 0 Å². The highest BCUT2D eigenvalue weighted by atomic mass is 32.1. The minimum Gasteiger partial charge on any atom is -0.399 e. The van der Waals surface area contributed by atoms with Gasteiger partial charge in [0.1, 0.15) is 0 Å². The number of rotatable bonds is 3. The standard InChI is InChI=1S/C15H18N2O2S/c16-11-3-4-12-10(7-11)8-13(20-12)14(19)17-15(9-18)5-1-2-6-15/h3-4,7-8,18H,1-2,5-6,9,16H2,(H,17,19). The van der Waals surface area contributed by atoms with Crippen molar-refractivity contribution in [2.24, 2.45) is 0 Å². The number of nitrogens with two attached hydrogens (primary N) is 1. The molecule has 1 saturated carbocycles. The van der Waals surface area contributed by atoms with E-state index in [2.05, 4.69) is 5.32 Å². The number of fused-ring (bicyclic) bond motifs is 1. The molecule has 1 fully saturated rings. The summed E-state index contributed by atoms with van der Waals surface area (Å²) >= 11 is 1.46. The van der Waals surface area contributed by atoms with E-state index in [9.17, 15) is 9.90 Å². The van der Waals surface area contributed by atoms with Gasteiger partial charge in [0.2, 0.25) is 0 Å². The second-order valence-electron chi connectivity index (χ2n) is 5.51. The van der Waals surface area contributed by atoms with Crippen molar-refractivity contribution < 1.29 is 9.90 Å². The Morgan fingerprint density at radius 3 is 2.80 bits per heavy atom. The molecule has 20 heavy (non-hydrogen) atoms. The molecule has 3 rings (SSSR count). The number of aliphatic hydroxyl groups excluding tert-OH is 1. The lowest BCUT2D eigenvalue weighted by Crippen LogP contribution is -2.49. The molecule has 2 aromatic rings. The van der Waals surface area contributed by atoms with Crippen LogP contribution >= 0.6 is 11.3 Å². The quantitative estimate of drug-likeness (QED) is 0.760. The summed E-state index contributed by atoms with van der Waals surface area (Å²) in [5, 5.41) is 13.6. The zero-order valence-corrected chi connectivity index (χ0v) is 12.0. The third-order valence-corrected chi connectivity index (χ3v) is 5.12. The van der Waals surface area contributed by atoms with Gasteiger partial charge in [-0.05, 0) is 42.5 Å². The van der Waals surface area contributed by atoms with E-state index in [1.807, 2.05) is 24.3 Å². The molecule has 1 aliphatic rings. The van der Waals surface area contributed by atoms with Gasteiger partial charge in [-0.15, -0.1) is 11.3 Å². The fraction of sp³-hybridized carbons (Fsp3) is 0.400. The van der Waals surface area contributed by atoms with Gasteiger partial charge < -0.3 is 16.2 Å². The molecule has 1 heterocycles. The Morgan fingerprint density at radius 1 is 1.35 bits per heavy atom. The summed E-state index contributed by atoms with van der Waals surface area (Å²) in [6.07, 6.45) is 3.83. The molecule has 0 aliphatic heterocycles. The van der Waals surface area contributed by atoms with Gasteiger partial charge in [0, 0.05) is 10.4 Å². The lowest BCUT2D eigenvalue weighted by atomic mass is 9.99. The lowest BCUT2D eigenvalue weighted by molar-refractivity contribution is 0.0842. The summed E-state index contributed by atoms with van der Waals surface area (Å²) < 4.78 is 1.05. The van der Waals surface area contributed by atoms with E-state index in [0.717, 1.165) is 35.8 Å². The number of thiophene rings is 1. The molecule has 0 unspecified atom stereocenters. The van der Waals surface area contributed by atoms with Crippen molar-refractivity contribution in [2.75, 3.05) is 12.3 Å². The first kappa shape index (κ1) is 13.4. The van der Waals surface area contributed by atoms with Crippen LogP contribution in [0.4, 0.5) is 5.69 Å². The molecule has 0 bridgehead atoms. The average Bonchev–Trinajstić information content (AvgIpc) is 3.05. The van der Waals surface area contributed by atoms with E-state index in [-0.39, 0.29) is 12.5 Å². The summed E-state index contributed by atoms with van der Waals surface area (Å²) in [4.78, 5) is 13.0. The van der Waals surface area contributed by atoms with Crippen LogP contribution in [0.25, 0.3) is 10.1 Å². The van der Waals surface area contributed by atoms with Crippen molar-refractivity contribution >= 4 is 33.0 Å². The number of carbonyl (C=O) groups is 1. The second kappa shape index (κ2) is 5.07. The molecule has 106 valence electrons. The Bertz CT molecular complexity index is 644. The molecule has 0 spiro atoms. The molecule has 4 N–H and O–H groups in total. The largest absolute Gasteiger partial charge is 0.399 e. The molecular weight excluding hydrogens is 272 g/mol. The van der Waals surface area contributed by atoms with Crippen LogP contribution in [0.3, 0.4) is 0 Å². The number of benzene rings is 1. The summed E-state index contributed by atoms with van der Waals surface area (Å²) in [7, 11) is 0. The summed E-state index contributed by atoms with van der Waals surface area (Å²) in [6.45, 7) is 0.0105. The number of carbonyl (C=O) groups excluding carboxylic acids is 1. The van der Waals surface area contributed by atoms with Crippen molar-refractivity contribution in [3.8, 4) is 0 Å². The number of hydrogen-bond donors (Lipinski definition) is 3. The van der Waals surface area contributed by atoms with E-state index in [1.165, 1.54) is 11.3 Å². The number of amides is 1. The smallest absolute Gasteiger partial charge is 0.261 e. The number of aliphatic hydroxyl groups is 1. The Morgan fingerprint density at radius 2 is 2.10 bits per heavy atom. The normalized spacial score (nSPS) is 17.4. The van der Waals surface area contributed by atoms with Gasteiger partial charge in [0.05, 0.1) is 17.0 Å². The fourth-order valence-corrected chi connectivity index (χ4v) is 3.79. The SMILES string of the molecule is Nc1ccc2sc(C(=O)NC3(CO)CCCC3)cc2c1. The second-order valence-corrected chi connectivity index (χ2v) is 6.59. The Balaban J connectivity index is 1.85. The maximum atomic E-state index is 12.4. The maximum Gasteiger partial charge on any atom is 0.261 e. The van der Waals surface area contributed by atoms with Crippen molar-refractivity contribution in [3.05, 3.63) is 29.1 Å². The summed E-state index contributed by atoms with van der Waals surface area (Å²) in [6, 6.07) is 7.52. The molecule has 1 amide bonds. The van der Waals surface area contributed by atoms with Crippen LogP contribution in [0.15, 0.2) is 24.3 Å². The highest BCUT2D eigenvalue weighted by molar-refractivity contribution is 7.20. The van der Waals surface area contributed by atoms with Crippen LogP contribution in [0.5, 0.6) is 0 Å². The first-order chi connectivity index (χ1) is 9.62. The number of hydrogen-bond acceptors (Lipinski definition) is 4. The molecule has 4 nitrogen and oxygen atoms in total. The van der Waals surface area contributed by atoms with Crippen molar-refractivity contribution in [2.45, 2.75) is 31.2 Å². The first-order valence-corrected chi connectivity index (χ1v) is 7.66. The highest BCUT2D eigenvalue weighted by Crippen LogP contribution is 2.31. The monoisotopic (exact) mass is 290 g/mol. The van der Waals surface area contributed by atoms with E-state index in [1.54, 1.807) is 0 Å². The van der Waals surface area contributed by atoms with E-state index in [0.29, 0.717) is 10.6 Å². The van der Waals surface area contributed by atoms with Crippen molar-refractivity contribution in [1.29, 1.82) is 0 Å². The molecule has 1 aromatic carbocycles. The highest BCUT2D eigenvalue weighted by Gasteiger charge is 2.35. The fourth-order valence-electron chi connectivity index (χ4n) is 2.85. The Labute approximate surface area is 121 Å². The van der Waals surface area contributed by atoms with E-state index < -0.39 is 5.54 Å². The number of nitrogens with one attached hydrogen (secondary N) is 1. The molecule has 1 aliphatic carbocycles. The average molecular weight is 290 g/mol. The van der Waals surface area contributed by atoms with Gasteiger partial charge in [0.25, 0.3) is 5.91 Å².